The summed E-state index contributed by atoms with van der Waals surface area (Å²) in [7, 11) is 0. The van der Waals surface area contributed by atoms with Gasteiger partial charge in [0.15, 0.2) is 0 Å². The van der Waals surface area contributed by atoms with Crippen LogP contribution in [0.5, 0.6) is 0 Å². The molecular weight excluding hydrogens is 332 g/mol. The van der Waals surface area contributed by atoms with E-state index in [0.29, 0.717) is 16.9 Å². The van der Waals surface area contributed by atoms with Gasteiger partial charge in [0, 0.05) is 25.5 Å². The quantitative estimate of drug-likeness (QED) is 0.902. The average molecular weight is 349 g/mol. The maximum absolute atomic E-state index is 12.2. The molecule has 1 N–H and O–H groups in total. The van der Waals surface area contributed by atoms with Gasteiger partial charge < -0.3 is 5.32 Å². The van der Waals surface area contributed by atoms with Gasteiger partial charge in [-0.05, 0) is 58.8 Å². The molecule has 2 aromatic rings. The van der Waals surface area contributed by atoms with Gasteiger partial charge in [0.25, 0.3) is 5.56 Å². The molecule has 0 bridgehead atoms. The Morgan fingerprint density at radius 1 is 1.43 bits per heavy atom. The van der Waals surface area contributed by atoms with Crippen molar-refractivity contribution < 1.29 is 0 Å². The van der Waals surface area contributed by atoms with E-state index in [-0.39, 0.29) is 5.56 Å². The molecule has 1 fully saturated rings. The fourth-order valence-corrected chi connectivity index (χ4v) is 2.58. The van der Waals surface area contributed by atoms with E-state index in [1.165, 1.54) is 18.4 Å². The van der Waals surface area contributed by atoms with Crippen molar-refractivity contribution in [3.63, 3.8) is 0 Å². The monoisotopic (exact) mass is 348 g/mol. The summed E-state index contributed by atoms with van der Waals surface area (Å²) in [5, 5.41) is 7.49. The van der Waals surface area contributed by atoms with Gasteiger partial charge in [-0.3, -0.25) is 9.78 Å². The van der Waals surface area contributed by atoms with Gasteiger partial charge in [-0.15, -0.1) is 0 Å². The standard InChI is InChI=1S/C15H17BrN4O/c1-10-4-5-17-6-12(10)7-18-13-8-19-20(9-11-2-3-11)15(21)14(13)16/h4-6,8,11,18H,2-3,7,9H2,1H3. The van der Waals surface area contributed by atoms with E-state index in [4.69, 9.17) is 0 Å². The number of aryl methyl sites for hydroxylation is 1. The van der Waals surface area contributed by atoms with Crippen LogP contribution >= 0.6 is 15.9 Å². The molecule has 1 aliphatic carbocycles. The van der Waals surface area contributed by atoms with E-state index in [1.807, 2.05) is 19.2 Å². The van der Waals surface area contributed by atoms with Crippen molar-refractivity contribution >= 4 is 21.6 Å². The molecule has 0 spiro atoms. The Morgan fingerprint density at radius 2 is 2.24 bits per heavy atom. The lowest BCUT2D eigenvalue weighted by Crippen LogP contribution is -2.25. The lowest BCUT2D eigenvalue weighted by molar-refractivity contribution is 0.532. The van der Waals surface area contributed by atoms with E-state index < -0.39 is 0 Å². The molecule has 0 aliphatic heterocycles. The van der Waals surface area contributed by atoms with Crippen molar-refractivity contribution in [3.8, 4) is 0 Å². The summed E-state index contributed by atoms with van der Waals surface area (Å²) in [4.78, 5) is 16.4. The molecule has 0 aromatic carbocycles. The van der Waals surface area contributed by atoms with Gasteiger partial charge >= 0.3 is 0 Å². The van der Waals surface area contributed by atoms with Crippen molar-refractivity contribution in [1.82, 2.24) is 14.8 Å². The number of anilines is 1. The smallest absolute Gasteiger partial charge is 0.283 e. The zero-order valence-corrected chi connectivity index (χ0v) is 13.4. The number of hydrogen-bond acceptors (Lipinski definition) is 4. The number of hydrogen-bond donors (Lipinski definition) is 1. The first-order valence-electron chi connectivity index (χ1n) is 7.04. The highest BCUT2D eigenvalue weighted by atomic mass is 79.9. The third-order valence-corrected chi connectivity index (χ3v) is 4.50. The normalized spacial score (nSPS) is 14.2. The van der Waals surface area contributed by atoms with Crippen LogP contribution in [-0.4, -0.2) is 14.8 Å². The first-order chi connectivity index (χ1) is 10.1. The molecule has 0 amide bonds. The summed E-state index contributed by atoms with van der Waals surface area (Å²) in [5.41, 5.74) is 2.92. The lowest BCUT2D eigenvalue weighted by Gasteiger charge is -2.11. The van der Waals surface area contributed by atoms with E-state index in [1.54, 1.807) is 17.1 Å². The molecule has 0 unspecified atom stereocenters. The summed E-state index contributed by atoms with van der Waals surface area (Å²) in [6.45, 7) is 3.38. The molecule has 2 heterocycles. The Bertz CT molecular complexity index is 709. The minimum atomic E-state index is -0.0743. The van der Waals surface area contributed by atoms with Crippen molar-refractivity contribution in [2.75, 3.05) is 5.32 Å². The SMILES string of the molecule is Cc1ccncc1CNc1cnn(CC2CC2)c(=O)c1Br. The Hall–Kier alpha value is -1.69. The predicted molar refractivity (Wildman–Crippen MR) is 85.2 cm³/mol. The maximum Gasteiger partial charge on any atom is 0.283 e. The molecule has 0 atom stereocenters. The van der Waals surface area contributed by atoms with Gasteiger partial charge in [0.1, 0.15) is 4.47 Å². The molecule has 1 saturated carbocycles. The van der Waals surface area contributed by atoms with Crippen LogP contribution in [0, 0.1) is 12.8 Å². The summed E-state index contributed by atoms with van der Waals surface area (Å²) in [5.74, 6) is 0.624. The molecule has 5 nitrogen and oxygen atoms in total. The van der Waals surface area contributed by atoms with Crippen LogP contribution in [0.15, 0.2) is 33.9 Å². The van der Waals surface area contributed by atoms with Crippen LogP contribution in [0.4, 0.5) is 5.69 Å². The second-order valence-electron chi connectivity index (χ2n) is 5.46. The highest BCUT2D eigenvalue weighted by Gasteiger charge is 2.23. The predicted octanol–water partition coefficient (Wildman–Crippen LogP) is 2.73. The zero-order valence-electron chi connectivity index (χ0n) is 11.8. The van der Waals surface area contributed by atoms with E-state index >= 15 is 0 Å². The number of rotatable bonds is 5. The average Bonchev–Trinajstić information content (AvgIpc) is 3.29. The zero-order chi connectivity index (χ0) is 14.8. The van der Waals surface area contributed by atoms with Gasteiger partial charge in [-0.2, -0.15) is 5.10 Å². The van der Waals surface area contributed by atoms with Crippen molar-refractivity contribution in [3.05, 3.63) is 50.6 Å². The molecule has 3 rings (SSSR count). The number of nitrogens with zero attached hydrogens (tertiary/aromatic N) is 3. The van der Waals surface area contributed by atoms with Crippen LogP contribution in [0.3, 0.4) is 0 Å². The van der Waals surface area contributed by atoms with Gasteiger partial charge in [-0.25, -0.2) is 4.68 Å². The van der Waals surface area contributed by atoms with Crippen LogP contribution < -0.4 is 10.9 Å². The number of nitrogens with one attached hydrogen (secondary N) is 1. The Balaban J connectivity index is 1.75. The highest BCUT2D eigenvalue weighted by molar-refractivity contribution is 9.10. The molecule has 2 aromatic heterocycles. The van der Waals surface area contributed by atoms with Gasteiger partial charge in [0.2, 0.25) is 0 Å². The second kappa shape index (κ2) is 5.97. The van der Waals surface area contributed by atoms with Crippen molar-refractivity contribution in [2.24, 2.45) is 5.92 Å². The lowest BCUT2D eigenvalue weighted by atomic mass is 10.1. The minimum Gasteiger partial charge on any atom is -0.379 e. The Labute approximate surface area is 131 Å². The molecule has 0 radical (unpaired) electrons. The largest absolute Gasteiger partial charge is 0.379 e. The molecule has 1 aliphatic rings. The number of pyridine rings is 1. The third-order valence-electron chi connectivity index (χ3n) is 3.73. The maximum atomic E-state index is 12.2. The van der Waals surface area contributed by atoms with Crippen molar-refractivity contribution in [1.29, 1.82) is 0 Å². The first-order valence-corrected chi connectivity index (χ1v) is 7.83. The fourth-order valence-electron chi connectivity index (χ4n) is 2.14. The number of aromatic nitrogens is 3. The molecule has 21 heavy (non-hydrogen) atoms. The minimum absolute atomic E-state index is 0.0743. The topological polar surface area (TPSA) is 59.8 Å². The van der Waals surface area contributed by atoms with Crippen LogP contribution in [0.25, 0.3) is 0 Å². The van der Waals surface area contributed by atoms with Crippen LogP contribution in [0.2, 0.25) is 0 Å². The van der Waals surface area contributed by atoms with Gasteiger partial charge in [-0.1, -0.05) is 0 Å². The first kappa shape index (κ1) is 14.3. The summed E-state index contributed by atoms with van der Waals surface area (Å²) in [6, 6.07) is 1.97. The summed E-state index contributed by atoms with van der Waals surface area (Å²) < 4.78 is 2.09. The van der Waals surface area contributed by atoms with E-state index in [0.717, 1.165) is 17.8 Å². The number of halogens is 1. The van der Waals surface area contributed by atoms with E-state index in [9.17, 15) is 4.79 Å². The molecular formula is C15H17BrN4O. The van der Waals surface area contributed by atoms with Crippen LogP contribution in [0.1, 0.15) is 24.0 Å². The van der Waals surface area contributed by atoms with Gasteiger partial charge in [0.05, 0.1) is 11.9 Å². The molecule has 110 valence electrons. The third kappa shape index (κ3) is 3.32. The Morgan fingerprint density at radius 3 is 2.95 bits per heavy atom. The highest BCUT2D eigenvalue weighted by Crippen LogP contribution is 2.30. The second-order valence-corrected chi connectivity index (χ2v) is 6.25. The van der Waals surface area contributed by atoms with Crippen molar-refractivity contribution in [2.45, 2.75) is 32.9 Å². The molecule has 6 heteroatoms. The Kier molecular flexibility index (Phi) is 4.05. The van der Waals surface area contributed by atoms with E-state index in [2.05, 4.69) is 31.3 Å². The fraction of sp³-hybridized carbons (Fsp3) is 0.400. The summed E-state index contributed by atoms with van der Waals surface area (Å²) >= 11 is 3.38. The summed E-state index contributed by atoms with van der Waals surface area (Å²) in [6.07, 6.45) is 7.71. The van der Waals surface area contributed by atoms with Crippen LogP contribution in [-0.2, 0) is 13.1 Å². The molecule has 0 saturated heterocycles.